The molecule has 1 unspecified atom stereocenters. The van der Waals surface area contributed by atoms with Gasteiger partial charge in [-0.05, 0) is 31.5 Å². The van der Waals surface area contributed by atoms with E-state index in [2.05, 4.69) is 21.1 Å². The van der Waals surface area contributed by atoms with E-state index in [9.17, 15) is 0 Å². The maximum Gasteiger partial charge on any atom is 0.226 e. The first-order valence-corrected chi connectivity index (χ1v) is 7.45. The van der Waals surface area contributed by atoms with Crippen LogP contribution < -0.4 is 0 Å². The molecule has 0 amide bonds. The van der Waals surface area contributed by atoms with E-state index in [1.807, 2.05) is 13.0 Å². The molecule has 1 atom stereocenters. The Hall–Kier alpha value is -1.62. The van der Waals surface area contributed by atoms with Crippen molar-refractivity contribution in [1.29, 1.82) is 0 Å². The number of aryl methyl sites for hydroxylation is 1. The monoisotopic (exact) mass is 275 g/mol. The number of hydrogen-bond acceptors (Lipinski definition) is 5. The van der Waals surface area contributed by atoms with Crippen LogP contribution in [0, 0.1) is 0 Å². The summed E-state index contributed by atoms with van der Waals surface area (Å²) in [5.41, 5.74) is 0. The second kappa shape index (κ2) is 6.22. The van der Waals surface area contributed by atoms with Gasteiger partial charge in [0.2, 0.25) is 5.89 Å². The lowest BCUT2D eigenvalue weighted by atomic mass is 10.1. The van der Waals surface area contributed by atoms with Crippen LogP contribution in [0.3, 0.4) is 0 Å². The molecule has 0 aromatic carbocycles. The summed E-state index contributed by atoms with van der Waals surface area (Å²) in [6.45, 7) is 3.81. The molecular weight excluding hydrogens is 254 g/mol. The SMILES string of the molecule is CCc1nc(CN2CCCCCC2c2ccco2)no1. The van der Waals surface area contributed by atoms with E-state index >= 15 is 0 Å². The lowest BCUT2D eigenvalue weighted by Gasteiger charge is -2.26. The van der Waals surface area contributed by atoms with E-state index in [4.69, 9.17) is 8.94 Å². The maximum absolute atomic E-state index is 5.62. The molecule has 108 valence electrons. The normalized spacial score (nSPS) is 20.9. The predicted octanol–water partition coefficient (Wildman–Crippen LogP) is 3.34. The van der Waals surface area contributed by atoms with Gasteiger partial charge < -0.3 is 8.94 Å². The van der Waals surface area contributed by atoms with E-state index in [0.29, 0.717) is 11.9 Å². The van der Waals surface area contributed by atoms with Crippen molar-refractivity contribution in [3.05, 3.63) is 35.9 Å². The quantitative estimate of drug-likeness (QED) is 0.856. The second-order valence-corrected chi connectivity index (χ2v) is 5.31. The van der Waals surface area contributed by atoms with Crippen molar-refractivity contribution < 1.29 is 8.94 Å². The van der Waals surface area contributed by atoms with E-state index in [-0.39, 0.29) is 0 Å². The average molecular weight is 275 g/mol. The standard InChI is InChI=1S/C15H21N3O2/c1-2-15-16-14(17-20-15)11-18-9-5-3-4-7-12(18)13-8-6-10-19-13/h6,8,10,12H,2-5,7,9,11H2,1H3. The molecule has 3 rings (SSSR count). The van der Waals surface area contributed by atoms with Gasteiger partial charge in [0, 0.05) is 6.42 Å². The summed E-state index contributed by atoms with van der Waals surface area (Å²) in [6, 6.07) is 4.36. The van der Waals surface area contributed by atoms with Gasteiger partial charge >= 0.3 is 0 Å². The molecule has 0 saturated carbocycles. The lowest BCUT2D eigenvalue weighted by molar-refractivity contribution is 0.164. The van der Waals surface area contributed by atoms with Crippen molar-refractivity contribution in [3.8, 4) is 0 Å². The Kier molecular flexibility index (Phi) is 4.16. The van der Waals surface area contributed by atoms with Crippen molar-refractivity contribution in [2.45, 2.75) is 51.6 Å². The van der Waals surface area contributed by atoms with Crippen LogP contribution in [-0.2, 0) is 13.0 Å². The maximum atomic E-state index is 5.62. The molecule has 0 bridgehead atoms. The second-order valence-electron chi connectivity index (χ2n) is 5.31. The summed E-state index contributed by atoms with van der Waals surface area (Å²) in [5.74, 6) is 2.54. The summed E-state index contributed by atoms with van der Waals surface area (Å²) in [5, 5.41) is 4.07. The first kappa shape index (κ1) is 13.4. The van der Waals surface area contributed by atoms with Crippen molar-refractivity contribution in [2.75, 3.05) is 6.54 Å². The molecule has 5 nitrogen and oxygen atoms in total. The van der Waals surface area contributed by atoms with Gasteiger partial charge in [-0.1, -0.05) is 24.9 Å². The first-order valence-electron chi connectivity index (χ1n) is 7.45. The van der Waals surface area contributed by atoms with Gasteiger partial charge in [-0.15, -0.1) is 0 Å². The van der Waals surface area contributed by atoms with Crippen LogP contribution in [0.25, 0.3) is 0 Å². The molecular formula is C15H21N3O2. The van der Waals surface area contributed by atoms with Crippen LogP contribution >= 0.6 is 0 Å². The number of rotatable bonds is 4. The van der Waals surface area contributed by atoms with Crippen LogP contribution in [0.1, 0.15) is 56.1 Å². The van der Waals surface area contributed by atoms with Crippen LogP contribution in [0.15, 0.2) is 27.3 Å². The molecule has 0 N–H and O–H groups in total. The van der Waals surface area contributed by atoms with Crippen molar-refractivity contribution >= 4 is 0 Å². The average Bonchev–Trinajstić information content (AvgIpc) is 3.09. The zero-order chi connectivity index (χ0) is 13.8. The van der Waals surface area contributed by atoms with Crippen molar-refractivity contribution in [3.63, 3.8) is 0 Å². The molecule has 0 radical (unpaired) electrons. The first-order chi connectivity index (χ1) is 9.86. The fourth-order valence-electron chi connectivity index (χ4n) is 2.84. The minimum Gasteiger partial charge on any atom is -0.468 e. The van der Waals surface area contributed by atoms with Crippen LogP contribution in [0.4, 0.5) is 0 Å². The summed E-state index contributed by atoms with van der Waals surface area (Å²) in [7, 11) is 0. The molecule has 2 aromatic heterocycles. The highest BCUT2D eigenvalue weighted by atomic mass is 16.5. The Morgan fingerprint density at radius 2 is 2.30 bits per heavy atom. The van der Waals surface area contributed by atoms with Gasteiger partial charge in [0.1, 0.15) is 5.76 Å². The van der Waals surface area contributed by atoms with Crippen molar-refractivity contribution in [1.82, 2.24) is 15.0 Å². The number of likely N-dealkylation sites (tertiary alicyclic amines) is 1. The molecule has 2 aromatic rings. The number of hydrogen-bond donors (Lipinski definition) is 0. The Morgan fingerprint density at radius 1 is 1.35 bits per heavy atom. The smallest absolute Gasteiger partial charge is 0.226 e. The summed E-state index contributed by atoms with van der Waals surface area (Å²) in [4.78, 5) is 6.83. The number of nitrogens with zero attached hydrogens (tertiary/aromatic N) is 3. The zero-order valence-electron chi connectivity index (χ0n) is 11.9. The third-order valence-electron chi connectivity index (χ3n) is 3.89. The van der Waals surface area contributed by atoms with Gasteiger partial charge in [0.05, 0.1) is 18.8 Å². The molecule has 1 aliphatic rings. The molecule has 20 heavy (non-hydrogen) atoms. The molecule has 1 aliphatic heterocycles. The largest absolute Gasteiger partial charge is 0.468 e. The molecule has 1 saturated heterocycles. The molecule has 5 heteroatoms. The molecule has 1 fully saturated rings. The fraction of sp³-hybridized carbons (Fsp3) is 0.600. The highest BCUT2D eigenvalue weighted by Crippen LogP contribution is 2.31. The topological polar surface area (TPSA) is 55.3 Å². The minimum absolute atomic E-state index is 0.330. The Balaban J connectivity index is 1.76. The van der Waals surface area contributed by atoms with Crippen molar-refractivity contribution in [2.24, 2.45) is 0 Å². The third kappa shape index (κ3) is 2.93. The number of furan rings is 1. The van der Waals surface area contributed by atoms with Gasteiger partial charge in [-0.25, -0.2) is 0 Å². The summed E-state index contributed by atoms with van der Waals surface area (Å²) in [6.07, 6.45) is 7.41. The van der Waals surface area contributed by atoms with Crippen LogP contribution in [0.2, 0.25) is 0 Å². The minimum atomic E-state index is 0.330. The Bertz CT molecular complexity index is 521. The van der Waals surface area contributed by atoms with E-state index < -0.39 is 0 Å². The predicted molar refractivity (Wildman–Crippen MR) is 74.0 cm³/mol. The molecule has 3 heterocycles. The van der Waals surface area contributed by atoms with Gasteiger partial charge in [0.15, 0.2) is 5.82 Å². The lowest BCUT2D eigenvalue weighted by Crippen LogP contribution is -2.28. The van der Waals surface area contributed by atoms with E-state index in [0.717, 1.165) is 37.5 Å². The highest BCUT2D eigenvalue weighted by Gasteiger charge is 2.26. The summed E-state index contributed by atoms with van der Waals surface area (Å²) >= 11 is 0. The Labute approximate surface area is 119 Å². The van der Waals surface area contributed by atoms with E-state index in [1.54, 1.807) is 6.26 Å². The highest BCUT2D eigenvalue weighted by molar-refractivity contribution is 5.06. The summed E-state index contributed by atoms with van der Waals surface area (Å²) < 4.78 is 10.8. The zero-order valence-corrected chi connectivity index (χ0v) is 11.9. The fourth-order valence-corrected chi connectivity index (χ4v) is 2.84. The third-order valence-corrected chi connectivity index (χ3v) is 3.89. The molecule has 0 aliphatic carbocycles. The number of aromatic nitrogens is 2. The van der Waals surface area contributed by atoms with Crippen LogP contribution in [-0.4, -0.2) is 21.6 Å². The van der Waals surface area contributed by atoms with Gasteiger partial charge in [0.25, 0.3) is 0 Å². The van der Waals surface area contributed by atoms with Gasteiger partial charge in [-0.3, -0.25) is 4.90 Å². The van der Waals surface area contributed by atoms with Crippen LogP contribution in [0.5, 0.6) is 0 Å². The Morgan fingerprint density at radius 3 is 3.05 bits per heavy atom. The van der Waals surface area contributed by atoms with E-state index in [1.165, 1.54) is 19.3 Å². The molecule has 0 spiro atoms. The van der Waals surface area contributed by atoms with Gasteiger partial charge in [-0.2, -0.15) is 4.98 Å².